The first kappa shape index (κ1) is 17.4. The van der Waals surface area contributed by atoms with E-state index in [4.69, 9.17) is 20.9 Å². The molecule has 2 aromatic rings. The zero-order valence-electron chi connectivity index (χ0n) is 14.6. The van der Waals surface area contributed by atoms with E-state index >= 15 is 0 Å². The molecule has 25 heavy (non-hydrogen) atoms. The van der Waals surface area contributed by atoms with Crippen molar-refractivity contribution in [1.82, 2.24) is 4.98 Å². The molecular weight excluding hydrogens is 318 g/mol. The standard InChI is InChI=1S/C19H25N3O3/c1-11-14(9-15(20)12-5-3-4-6-16(12)23)19(21)22-18(11)13-7-8-25-10-17(13)24-2/h3-6,9,13,17,22-23H,7-8,10,20-21H2,1-2H3/b15-9-/t13-,17?/m1/s1. The lowest BCUT2D eigenvalue weighted by molar-refractivity contribution is -0.0442. The van der Waals surface area contributed by atoms with E-state index in [2.05, 4.69) is 4.98 Å². The molecule has 2 atom stereocenters. The van der Waals surface area contributed by atoms with Crippen molar-refractivity contribution in [2.24, 2.45) is 5.73 Å². The highest BCUT2D eigenvalue weighted by molar-refractivity contribution is 5.85. The molecule has 0 spiro atoms. The number of hydrogen-bond acceptors (Lipinski definition) is 5. The summed E-state index contributed by atoms with van der Waals surface area (Å²) >= 11 is 0. The smallest absolute Gasteiger partial charge is 0.124 e. The third kappa shape index (κ3) is 3.36. The second-order valence-corrected chi connectivity index (χ2v) is 6.35. The fourth-order valence-corrected chi connectivity index (χ4v) is 3.44. The number of methoxy groups -OCH3 is 1. The first-order chi connectivity index (χ1) is 12.0. The number of nitrogens with one attached hydrogen (secondary N) is 1. The number of hydrogen-bond donors (Lipinski definition) is 4. The summed E-state index contributed by atoms with van der Waals surface area (Å²) in [6.07, 6.45) is 2.68. The van der Waals surface area contributed by atoms with Crippen molar-refractivity contribution in [3.8, 4) is 5.75 Å². The first-order valence-corrected chi connectivity index (χ1v) is 8.37. The van der Waals surface area contributed by atoms with Crippen molar-refractivity contribution in [3.63, 3.8) is 0 Å². The lowest BCUT2D eigenvalue weighted by Gasteiger charge is -2.30. The minimum atomic E-state index is -0.00200. The molecule has 134 valence electrons. The predicted molar refractivity (Wildman–Crippen MR) is 99.1 cm³/mol. The SMILES string of the molecule is COC1COCC[C@H]1c1[nH]c(N)c(/C=C(\N)c2ccccc2O)c1C. The molecular formula is C19H25N3O3. The maximum absolute atomic E-state index is 9.98. The van der Waals surface area contributed by atoms with E-state index in [9.17, 15) is 5.11 Å². The molecule has 1 unspecified atom stereocenters. The topological polar surface area (TPSA) is 107 Å². The highest BCUT2D eigenvalue weighted by Gasteiger charge is 2.30. The molecule has 6 heteroatoms. The van der Waals surface area contributed by atoms with Gasteiger partial charge in [-0.1, -0.05) is 12.1 Å². The van der Waals surface area contributed by atoms with Gasteiger partial charge in [-0.2, -0.15) is 0 Å². The Morgan fingerprint density at radius 3 is 2.88 bits per heavy atom. The summed E-state index contributed by atoms with van der Waals surface area (Å²) in [6, 6.07) is 6.98. The van der Waals surface area contributed by atoms with Crippen LogP contribution < -0.4 is 11.5 Å². The highest BCUT2D eigenvalue weighted by Crippen LogP contribution is 2.35. The van der Waals surface area contributed by atoms with Gasteiger partial charge in [-0.3, -0.25) is 0 Å². The van der Waals surface area contributed by atoms with Crippen LogP contribution >= 0.6 is 0 Å². The number of phenolic OH excluding ortho intramolecular Hbond substituents is 1. The number of nitrogens with two attached hydrogens (primary N) is 2. The fourth-order valence-electron chi connectivity index (χ4n) is 3.44. The number of ether oxygens (including phenoxy) is 2. The molecule has 0 saturated carbocycles. The zero-order chi connectivity index (χ0) is 18.0. The Hall–Kier alpha value is -2.44. The van der Waals surface area contributed by atoms with Crippen molar-refractivity contribution >= 4 is 17.6 Å². The maximum Gasteiger partial charge on any atom is 0.124 e. The number of aromatic amines is 1. The molecule has 6 nitrogen and oxygen atoms in total. The molecule has 1 aromatic heterocycles. The summed E-state index contributed by atoms with van der Waals surface area (Å²) in [6.45, 7) is 3.30. The summed E-state index contributed by atoms with van der Waals surface area (Å²) in [5.74, 6) is 0.911. The average molecular weight is 343 g/mol. The number of aromatic nitrogens is 1. The summed E-state index contributed by atoms with van der Waals surface area (Å²) in [5, 5.41) is 9.98. The lowest BCUT2D eigenvalue weighted by atomic mass is 9.90. The van der Waals surface area contributed by atoms with E-state index in [0.29, 0.717) is 30.3 Å². The van der Waals surface area contributed by atoms with Crippen LogP contribution in [0.4, 0.5) is 5.82 Å². The van der Waals surface area contributed by atoms with Gasteiger partial charge < -0.3 is 31.0 Å². The molecule has 3 rings (SSSR count). The van der Waals surface area contributed by atoms with Gasteiger partial charge in [0.1, 0.15) is 11.6 Å². The number of phenols is 1. The number of aromatic hydroxyl groups is 1. The molecule has 1 aliphatic heterocycles. The van der Waals surface area contributed by atoms with E-state index in [-0.39, 0.29) is 17.8 Å². The molecule has 1 saturated heterocycles. The zero-order valence-corrected chi connectivity index (χ0v) is 14.6. The van der Waals surface area contributed by atoms with Crippen molar-refractivity contribution in [2.75, 3.05) is 26.1 Å². The van der Waals surface area contributed by atoms with E-state index in [1.807, 2.05) is 13.0 Å². The van der Waals surface area contributed by atoms with Crippen LogP contribution in [-0.2, 0) is 9.47 Å². The largest absolute Gasteiger partial charge is 0.507 e. The molecule has 0 aliphatic carbocycles. The summed E-state index contributed by atoms with van der Waals surface area (Å²) < 4.78 is 11.1. The van der Waals surface area contributed by atoms with E-state index < -0.39 is 0 Å². The minimum absolute atomic E-state index is 0.00200. The van der Waals surface area contributed by atoms with Crippen LogP contribution in [-0.4, -0.2) is 36.5 Å². The molecule has 1 aliphatic rings. The van der Waals surface area contributed by atoms with Crippen LogP contribution in [0.1, 0.15) is 34.7 Å². The summed E-state index contributed by atoms with van der Waals surface area (Å²) in [4.78, 5) is 3.30. The van der Waals surface area contributed by atoms with Gasteiger partial charge in [-0.05, 0) is 37.1 Å². The van der Waals surface area contributed by atoms with Gasteiger partial charge in [0.05, 0.1) is 12.7 Å². The van der Waals surface area contributed by atoms with Crippen LogP contribution in [0.2, 0.25) is 0 Å². The quantitative estimate of drug-likeness (QED) is 0.683. The van der Waals surface area contributed by atoms with Crippen LogP contribution in [0.25, 0.3) is 11.8 Å². The predicted octanol–water partition coefficient (Wildman–Crippen LogP) is 2.59. The monoisotopic (exact) mass is 343 g/mol. The van der Waals surface area contributed by atoms with Crippen LogP contribution in [0.3, 0.4) is 0 Å². The van der Waals surface area contributed by atoms with Gasteiger partial charge in [-0.15, -0.1) is 0 Å². The first-order valence-electron chi connectivity index (χ1n) is 8.37. The van der Waals surface area contributed by atoms with Crippen LogP contribution in [0, 0.1) is 6.92 Å². The van der Waals surface area contributed by atoms with Crippen molar-refractivity contribution in [1.29, 1.82) is 0 Å². The fraction of sp³-hybridized carbons (Fsp3) is 0.368. The number of benzene rings is 1. The Bertz CT molecular complexity index is 782. The van der Waals surface area contributed by atoms with E-state index in [1.165, 1.54) is 0 Å². The van der Waals surface area contributed by atoms with Crippen molar-refractivity contribution in [3.05, 3.63) is 46.6 Å². The Morgan fingerprint density at radius 1 is 1.40 bits per heavy atom. The lowest BCUT2D eigenvalue weighted by Crippen LogP contribution is -2.32. The third-order valence-electron chi connectivity index (χ3n) is 4.86. The van der Waals surface area contributed by atoms with Gasteiger partial charge in [-0.25, -0.2) is 0 Å². The number of rotatable bonds is 4. The number of para-hydroxylation sites is 1. The Morgan fingerprint density at radius 2 is 2.16 bits per heavy atom. The molecule has 0 bridgehead atoms. The Balaban J connectivity index is 1.97. The molecule has 0 amide bonds. The summed E-state index contributed by atoms with van der Waals surface area (Å²) in [5.41, 5.74) is 16.4. The van der Waals surface area contributed by atoms with Crippen molar-refractivity contribution in [2.45, 2.75) is 25.4 Å². The van der Waals surface area contributed by atoms with Gasteiger partial charge in [0.2, 0.25) is 0 Å². The Kier molecular flexibility index (Phi) is 5.01. The minimum Gasteiger partial charge on any atom is -0.507 e. The molecule has 0 radical (unpaired) electrons. The number of H-pyrrole nitrogens is 1. The van der Waals surface area contributed by atoms with E-state index in [0.717, 1.165) is 23.2 Å². The Labute approximate surface area is 147 Å². The number of nitrogen functional groups attached to an aromatic ring is 1. The third-order valence-corrected chi connectivity index (χ3v) is 4.86. The number of anilines is 1. The van der Waals surface area contributed by atoms with Crippen molar-refractivity contribution < 1.29 is 14.6 Å². The molecule has 2 heterocycles. The average Bonchev–Trinajstić information content (AvgIpc) is 2.90. The van der Waals surface area contributed by atoms with Gasteiger partial charge in [0, 0.05) is 42.2 Å². The van der Waals surface area contributed by atoms with Gasteiger partial charge in [0.25, 0.3) is 0 Å². The molecule has 6 N–H and O–H groups in total. The van der Waals surface area contributed by atoms with Crippen LogP contribution in [0.15, 0.2) is 24.3 Å². The second kappa shape index (κ2) is 7.21. The van der Waals surface area contributed by atoms with Gasteiger partial charge >= 0.3 is 0 Å². The molecule has 1 fully saturated rings. The normalized spacial score (nSPS) is 21.4. The summed E-state index contributed by atoms with van der Waals surface area (Å²) in [7, 11) is 1.70. The maximum atomic E-state index is 9.98. The van der Waals surface area contributed by atoms with Gasteiger partial charge in [0.15, 0.2) is 0 Å². The highest BCUT2D eigenvalue weighted by atomic mass is 16.5. The second-order valence-electron chi connectivity index (χ2n) is 6.35. The molecule has 1 aromatic carbocycles. The van der Waals surface area contributed by atoms with E-state index in [1.54, 1.807) is 31.4 Å². The van der Waals surface area contributed by atoms with Crippen LogP contribution in [0.5, 0.6) is 5.75 Å².